The highest BCUT2D eigenvalue weighted by molar-refractivity contribution is 5.91. The lowest BCUT2D eigenvalue weighted by molar-refractivity contribution is -0.136. The fourth-order valence-corrected chi connectivity index (χ4v) is 9.12. The van der Waals surface area contributed by atoms with Crippen LogP contribution >= 0.6 is 0 Å². The molecular weight excluding hydrogens is 773 g/mol. The van der Waals surface area contributed by atoms with Crippen molar-refractivity contribution in [2.75, 3.05) is 27.3 Å². The maximum absolute atomic E-state index is 13.9. The number of aromatic amines is 2. The third-order valence-corrected chi connectivity index (χ3v) is 12.8. The number of ether oxygens (including phenoxy) is 2. The highest BCUT2D eigenvalue weighted by Crippen LogP contribution is 2.58. The van der Waals surface area contributed by atoms with Crippen LogP contribution in [0.25, 0.3) is 44.4 Å². The van der Waals surface area contributed by atoms with Gasteiger partial charge in [0, 0.05) is 18.7 Å². The Labute approximate surface area is 356 Å². The number of amides is 4. The van der Waals surface area contributed by atoms with Crippen LogP contribution in [0.3, 0.4) is 0 Å². The summed E-state index contributed by atoms with van der Waals surface area (Å²) in [6.07, 6.45) is 6.22. The predicted octanol–water partition coefficient (Wildman–Crippen LogP) is 8.01. The first-order valence-corrected chi connectivity index (χ1v) is 21.3. The standard InChI is InChI=1S/C47H56N8O6/c1-26(2)39(52-45(58)60-6)43(56)54-24-28(5)18-37(54)41-48-22-35(50-41)30-10-8-29(9-11-30)31-12-13-33-20-34(15-14-32(33)19-31)36-23-49-42(51-36)38-21-47(16-17-47)25-55(38)44(57)40(27(3)4)53-46(59)61-7/h8-15,19-20,22-23,26-28,37-40H,16-18,21,24-25H2,1-7H3,(H,48,50)(H,49,51)(H,52,58)(H,53,59)/t28-,37-,38-,39-,40-/m0/s1. The van der Waals surface area contributed by atoms with Gasteiger partial charge in [-0.1, -0.05) is 83.1 Å². The predicted molar refractivity (Wildman–Crippen MR) is 232 cm³/mol. The van der Waals surface area contributed by atoms with Gasteiger partial charge in [0.1, 0.15) is 23.7 Å². The van der Waals surface area contributed by atoms with Gasteiger partial charge in [-0.05, 0) is 88.4 Å². The quantitative estimate of drug-likeness (QED) is 0.104. The number of nitrogens with zero attached hydrogens (tertiary/aromatic N) is 4. The van der Waals surface area contributed by atoms with Gasteiger partial charge >= 0.3 is 12.2 Å². The van der Waals surface area contributed by atoms with Crippen molar-refractivity contribution in [2.45, 2.75) is 84.5 Å². The molecule has 1 saturated carbocycles. The molecule has 320 valence electrons. The molecule has 5 aromatic rings. The Morgan fingerprint density at radius 1 is 0.689 bits per heavy atom. The summed E-state index contributed by atoms with van der Waals surface area (Å²) in [5.74, 6) is 1.30. The van der Waals surface area contributed by atoms with Crippen LogP contribution in [0.4, 0.5) is 9.59 Å². The molecule has 14 nitrogen and oxygen atoms in total. The summed E-state index contributed by atoms with van der Waals surface area (Å²) in [5, 5.41) is 7.67. The van der Waals surface area contributed by atoms with Crippen molar-refractivity contribution >= 4 is 34.8 Å². The topological polar surface area (TPSA) is 175 Å². The van der Waals surface area contributed by atoms with Crippen molar-refractivity contribution in [3.8, 4) is 33.6 Å². The molecule has 0 bridgehead atoms. The van der Waals surface area contributed by atoms with Crippen LogP contribution in [-0.2, 0) is 19.1 Å². The number of nitrogens with one attached hydrogen (secondary N) is 4. The highest BCUT2D eigenvalue weighted by Gasteiger charge is 2.55. The minimum Gasteiger partial charge on any atom is -0.453 e. The Morgan fingerprint density at radius 2 is 1.18 bits per heavy atom. The molecule has 1 spiro atoms. The minimum atomic E-state index is -0.699. The Morgan fingerprint density at radius 3 is 1.74 bits per heavy atom. The lowest BCUT2D eigenvalue weighted by Crippen LogP contribution is -2.51. The van der Waals surface area contributed by atoms with E-state index in [1.54, 1.807) is 0 Å². The molecule has 3 fully saturated rings. The Bertz CT molecular complexity index is 2430. The molecule has 2 aromatic heterocycles. The fourth-order valence-electron chi connectivity index (χ4n) is 9.12. The Kier molecular flexibility index (Phi) is 11.4. The second-order valence-electron chi connectivity index (χ2n) is 18.0. The molecule has 0 unspecified atom stereocenters. The van der Waals surface area contributed by atoms with Gasteiger partial charge in [0.15, 0.2) is 0 Å². The van der Waals surface area contributed by atoms with Crippen LogP contribution in [0.2, 0.25) is 0 Å². The maximum Gasteiger partial charge on any atom is 0.407 e. The number of H-pyrrole nitrogens is 2. The van der Waals surface area contributed by atoms with Crippen LogP contribution < -0.4 is 10.6 Å². The summed E-state index contributed by atoms with van der Waals surface area (Å²) >= 11 is 0. The Balaban J connectivity index is 0.957. The smallest absolute Gasteiger partial charge is 0.407 e. The first kappa shape index (κ1) is 41.5. The van der Waals surface area contributed by atoms with Crippen molar-refractivity contribution in [2.24, 2.45) is 23.2 Å². The molecule has 4 N–H and O–H groups in total. The molecule has 3 aromatic carbocycles. The van der Waals surface area contributed by atoms with Gasteiger partial charge in [0.05, 0.1) is 50.1 Å². The fraction of sp³-hybridized carbons (Fsp3) is 0.447. The first-order valence-electron chi connectivity index (χ1n) is 21.3. The van der Waals surface area contributed by atoms with Gasteiger partial charge in [-0.15, -0.1) is 0 Å². The zero-order chi connectivity index (χ0) is 43.2. The van der Waals surface area contributed by atoms with Crippen LogP contribution in [0.15, 0.2) is 73.1 Å². The number of rotatable bonds is 11. The number of imidazole rings is 2. The van der Waals surface area contributed by atoms with E-state index in [2.05, 4.69) is 88.2 Å². The molecule has 5 atom stereocenters. The van der Waals surface area contributed by atoms with Crippen molar-refractivity contribution < 1.29 is 28.7 Å². The summed E-state index contributed by atoms with van der Waals surface area (Å²) in [6, 6.07) is 19.4. The van der Waals surface area contributed by atoms with Gasteiger partial charge in [-0.3, -0.25) is 9.59 Å². The number of likely N-dealkylation sites (tertiary alicyclic amines) is 2. The molecule has 4 heterocycles. The largest absolute Gasteiger partial charge is 0.453 e. The lowest BCUT2D eigenvalue weighted by atomic mass is 9.98. The number of methoxy groups -OCH3 is 2. The molecule has 14 heteroatoms. The first-order chi connectivity index (χ1) is 29.3. The van der Waals surface area contributed by atoms with E-state index in [0.29, 0.717) is 13.1 Å². The average molecular weight is 829 g/mol. The second-order valence-corrected chi connectivity index (χ2v) is 18.0. The third kappa shape index (κ3) is 8.44. The third-order valence-electron chi connectivity index (χ3n) is 12.8. The summed E-state index contributed by atoms with van der Waals surface area (Å²) in [6.45, 7) is 11.0. The minimum absolute atomic E-state index is 0.106. The Hall–Kier alpha value is -6.18. The van der Waals surface area contributed by atoms with E-state index in [1.165, 1.54) is 14.2 Å². The van der Waals surface area contributed by atoms with Crippen molar-refractivity contribution in [1.29, 1.82) is 0 Å². The van der Waals surface area contributed by atoms with Crippen LogP contribution in [0.1, 0.15) is 84.0 Å². The number of alkyl carbamates (subject to hydrolysis) is 2. The summed E-state index contributed by atoms with van der Waals surface area (Å²) < 4.78 is 9.61. The van der Waals surface area contributed by atoms with Gasteiger partial charge in [0.2, 0.25) is 11.8 Å². The van der Waals surface area contributed by atoms with Crippen LogP contribution in [0.5, 0.6) is 0 Å². The second kappa shape index (κ2) is 16.7. The molecule has 8 rings (SSSR count). The van der Waals surface area contributed by atoms with E-state index in [9.17, 15) is 19.2 Å². The molecule has 4 amide bonds. The summed E-state index contributed by atoms with van der Waals surface area (Å²) in [7, 11) is 2.60. The van der Waals surface area contributed by atoms with Gasteiger partial charge < -0.3 is 39.9 Å². The highest BCUT2D eigenvalue weighted by atomic mass is 16.5. The number of fused-ring (bicyclic) bond motifs is 1. The zero-order valence-corrected chi connectivity index (χ0v) is 36.0. The van der Waals surface area contributed by atoms with Crippen LogP contribution in [-0.4, -0.2) is 93.1 Å². The van der Waals surface area contributed by atoms with Crippen LogP contribution in [0, 0.1) is 23.2 Å². The number of hydrogen-bond acceptors (Lipinski definition) is 8. The van der Waals surface area contributed by atoms with Gasteiger partial charge in [0.25, 0.3) is 0 Å². The van der Waals surface area contributed by atoms with E-state index in [4.69, 9.17) is 19.4 Å². The number of carbonyl (C=O) groups is 4. The summed E-state index contributed by atoms with van der Waals surface area (Å²) in [4.78, 5) is 72.1. The van der Waals surface area contributed by atoms with Crippen molar-refractivity contribution in [3.05, 3.63) is 84.7 Å². The molecule has 2 aliphatic heterocycles. The van der Waals surface area contributed by atoms with E-state index in [-0.39, 0.29) is 47.1 Å². The zero-order valence-electron chi connectivity index (χ0n) is 36.0. The molecular formula is C47H56N8O6. The van der Waals surface area contributed by atoms with Gasteiger partial charge in [-0.2, -0.15) is 0 Å². The number of aromatic nitrogens is 4. The number of hydrogen-bond donors (Lipinski definition) is 4. The van der Waals surface area contributed by atoms with E-state index in [1.807, 2.05) is 49.9 Å². The maximum atomic E-state index is 13.9. The SMILES string of the molecule is COC(=O)N[C@H](C(=O)N1C[C@@H](C)C[C@H]1c1ncc(-c2ccc(-c3ccc4cc(-c5cnc([C@@H]6CC7(CC7)CN6C(=O)[C@@H](NC(=O)OC)C(C)C)[nH]5)ccc4c3)cc2)[nH]1)C(C)C. The van der Waals surface area contributed by atoms with E-state index < -0.39 is 24.3 Å². The molecule has 1 aliphatic carbocycles. The average Bonchev–Trinajstić information content (AvgIpc) is 3.73. The van der Waals surface area contributed by atoms with Crippen molar-refractivity contribution in [1.82, 2.24) is 40.4 Å². The molecule has 3 aliphatic rings. The van der Waals surface area contributed by atoms with Gasteiger partial charge in [-0.25, -0.2) is 19.6 Å². The molecule has 0 radical (unpaired) electrons. The molecule has 61 heavy (non-hydrogen) atoms. The van der Waals surface area contributed by atoms with E-state index in [0.717, 1.165) is 81.7 Å². The summed E-state index contributed by atoms with van der Waals surface area (Å²) in [5.41, 5.74) is 6.03. The van der Waals surface area contributed by atoms with Crippen molar-refractivity contribution in [3.63, 3.8) is 0 Å². The number of benzene rings is 3. The lowest BCUT2D eigenvalue weighted by Gasteiger charge is -2.30. The number of carbonyl (C=O) groups excluding carboxylic acids is 4. The normalized spacial score (nSPS) is 20.3. The van der Waals surface area contributed by atoms with E-state index >= 15 is 0 Å². The molecule has 2 saturated heterocycles. The monoisotopic (exact) mass is 828 g/mol.